The van der Waals surface area contributed by atoms with Gasteiger partial charge in [-0.2, -0.15) is 5.10 Å². The van der Waals surface area contributed by atoms with E-state index in [0.29, 0.717) is 35.0 Å². The second-order valence-corrected chi connectivity index (χ2v) is 9.85. The van der Waals surface area contributed by atoms with Crippen molar-refractivity contribution in [3.8, 4) is 0 Å². The van der Waals surface area contributed by atoms with Gasteiger partial charge in [0.15, 0.2) is 0 Å². The van der Waals surface area contributed by atoms with E-state index in [2.05, 4.69) is 38.7 Å². The van der Waals surface area contributed by atoms with Gasteiger partial charge in [-0.15, -0.1) is 0 Å². The molecule has 0 aromatic carbocycles. The fourth-order valence-corrected chi connectivity index (χ4v) is 4.69. The molecule has 0 spiro atoms. The molecular formula is C29H36N6O2. The average Bonchev–Trinajstić information content (AvgIpc) is 3.34. The van der Waals surface area contributed by atoms with Crippen LogP contribution in [0.15, 0.2) is 36.9 Å². The van der Waals surface area contributed by atoms with Crippen molar-refractivity contribution >= 4 is 29.2 Å². The van der Waals surface area contributed by atoms with Crippen molar-refractivity contribution < 1.29 is 9.59 Å². The summed E-state index contributed by atoms with van der Waals surface area (Å²) in [7, 11) is 1.89. The number of nitrogens with one attached hydrogen (secondary N) is 2. The van der Waals surface area contributed by atoms with Gasteiger partial charge in [-0.25, -0.2) is 0 Å². The van der Waals surface area contributed by atoms with E-state index in [0.717, 1.165) is 41.7 Å². The van der Waals surface area contributed by atoms with Crippen molar-refractivity contribution in [3.63, 3.8) is 0 Å². The number of amides is 2. The van der Waals surface area contributed by atoms with Gasteiger partial charge in [0.05, 0.1) is 28.7 Å². The van der Waals surface area contributed by atoms with Gasteiger partial charge in [0, 0.05) is 43.4 Å². The summed E-state index contributed by atoms with van der Waals surface area (Å²) in [6.45, 7) is 6.50. The third-order valence-corrected chi connectivity index (χ3v) is 7.05. The Labute approximate surface area is 218 Å². The lowest BCUT2D eigenvalue weighted by atomic mass is 9.89. The number of anilines is 1. The molecule has 1 fully saturated rings. The van der Waals surface area contributed by atoms with Crippen LogP contribution in [0.1, 0.15) is 88.7 Å². The fourth-order valence-electron chi connectivity index (χ4n) is 4.69. The van der Waals surface area contributed by atoms with E-state index in [1.165, 1.54) is 19.3 Å². The molecule has 4 rings (SSSR count). The Kier molecular flexibility index (Phi) is 8.48. The van der Waals surface area contributed by atoms with Crippen molar-refractivity contribution in [1.29, 1.82) is 0 Å². The predicted octanol–water partition coefficient (Wildman–Crippen LogP) is 5.34. The maximum absolute atomic E-state index is 13.2. The highest BCUT2D eigenvalue weighted by molar-refractivity contribution is 6.05. The number of carbonyl (C=O) groups is 2. The number of hydrogen-bond donors (Lipinski definition) is 2. The highest BCUT2D eigenvalue weighted by Gasteiger charge is 2.17. The summed E-state index contributed by atoms with van der Waals surface area (Å²) in [6.07, 6.45) is 15.9. The Balaban J connectivity index is 1.49. The summed E-state index contributed by atoms with van der Waals surface area (Å²) >= 11 is 0. The third-order valence-electron chi connectivity index (χ3n) is 7.05. The second-order valence-electron chi connectivity index (χ2n) is 9.85. The Morgan fingerprint density at radius 1 is 0.973 bits per heavy atom. The SMILES string of the molecule is CC/C(=C\c1cc(C(=O)Nc2cc(C(=O)NCC3CCCCC3)cnc2C)cnc1C)c1cnn(C)c1. The topological polar surface area (TPSA) is 102 Å². The van der Waals surface area contributed by atoms with Crippen molar-refractivity contribution in [2.45, 2.75) is 59.3 Å². The van der Waals surface area contributed by atoms with E-state index >= 15 is 0 Å². The normalized spacial score (nSPS) is 14.4. The quantitative estimate of drug-likeness (QED) is 0.435. The number of nitrogens with zero attached hydrogens (tertiary/aromatic N) is 4. The minimum Gasteiger partial charge on any atom is -0.352 e. The average molecular weight is 501 g/mol. The highest BCUT2D eigenvalue weighted by atomic mass is 16.2. The van der Waals surface area contributed by atoms with Gasteiger partial charge in [-0.3, -0.25) is 24.2 Å². The Hall–Kier alpha value is -3.81. The number of carbonyl (C=O) groups excluding carboxylic acids is 2. The smallest absolute Gasteiger partial charge is 0.257 e. The van der Waals surface area contributed by atoms with Crippen LogP contribution in [0.5, 0.6) is 0 Å². The van der Waals surface area contributed by atoms with Crippen molar-refractivity contribution in [2.24, 2.45) is 13.0 Å². The van der Waals surface area contributed by atoms with Crippen LogP contribution in [0.3, 0.4) is 0 Å². The first-order valence-electron chi connectivity index (χ1n) is 13.1. The van der Waals surface area contributed by atoms with Crippen LogP contribution in [0.25, 0.3) is 11.6 Å². The molecule has 2 amide bonds. The molecule has 0 aliphatic heterocycles. The Bertz CT molecular complexity index is 1300. The van der Waals surface area contributed by atoms with Crippen LogP contribution in [0, 0.1) is 19.8 Å². The molecule has 1 aliphatic carbocycles. The van der Waals surface area contributed by atoms with E-state index in [1.54, 1.807) is 23.1 Å². The summed E-state index contributed by atoms with van der Waals surface area (Å²) < 4.78 is 1.77. The molecule has 1 saturated carbocycles. The molecule has 0 unspecified atom stereocenters. The zero-order valence-electron chi connectivity index (χ0n) is 22.2. The van der Waals surface area contributed by atoms with Gasteiger partial charge >= 0.3 is 0 Å². The number of rotatable bonds is 8. The van der Waals surface area contributed by atoms with E-state index < -0.39 is 0 Å². The molecule has 194 valence electrons. The lowest BCUT2D eigenvalue weighted by Gasteiger charge is -2.21. The standard InChI is InChI=1S/C29H36N6O2/c1-5-22(26-17-33-35(4)18-26)11-23-12-24(15-30-19(23)2)29(37)34-27-13-25(16-31-20(27)3)28(36)32-14-21-9-7-6-8-10-21/h11-13,15-18,21H,5-10,14H2,1-4H3,(H,32,36)(H,34,37)/b22-11+. The lowest BCUT2D eigenvalue weighted by molar-refractivity contribution is 0.0942. The second kappa shape index (κ2) is 12.0. The molecule has 0 saturated heterocycles. The van der Waals surface area contributed by atoms with Crippen LogP contribution in [0.2, 0.25) is 0 Å². The summed E-state index contributed by atoms with van der Waals surface area (Å²) in [6, 6.07) is 3.53. The summed E-state index contributed by atoms with van der Waals surface area (Å²) in [5.41, 5.74) is 5.89. The van der Waals surface area contributed by atoms with Crippen molar-refractivity contribution in [3.05, 3.63) is 70.6 Å². The summed E-state index contributed by atoms with van der Waals surface area (Å²) in [4.78, 5) is 34.7. The minimum absolute atomic E-state index is 0.166. The molecule has 0 atom stereocenters. The van der Waals surface area contributed by atoms with E-state index in [-0.39, 0.29) is 11.8 Å². The summed E-state index contributed by atoms with van der Waals surface area (Å²) in [5, 5.41) is 10.2. The zero-order chi connectivity index (χ0) is 26.4. The van der Waals surface area contributed by atoms with Crippen molar-refractivity contribution in [2.75, 3.05) is 11.9 Å². The maximum Gasteiger partial charge on any atom is 0.257 e. The van der Waals surface area contributed by atoms with Gasteiger partial charge in [0.1, 0.15) is 0 Å². The Morgan fingerprint density at radius 2 is 1.68 bits per heavy atom. The number of aryl methyl sites for hydroxylation is 3. The largest absolute Gasteiger partial charge is 0.352 e. The van der Waals surface area contributed by atoms with Gasteiger partial charge < -0.3 is 10.6 Å². The molecule has 3 heterocycles. The minimum atomic E-state index is -0.300. The third kappa shape index (κ3) is 6.70. The van der Waals surface area contributed by atoms with Gasteiger partial charge in [0.2, 0.25) is 0 Å². The van der Waals surface area contributed by atoms with E-state index in [1.807, 2.05) is 39.4 Å². The first kappa shape index (κ1) is 26.3. The van der Waals surface area contributed by atoms with Gasteiger partial charge in [0.25, 0.3) is 11.8 Å². The molecule has 0 bridgehead atoms. The summed E-state index contributed by atoms with van der Waals surface area (Å²) in [5.74, 6) is 0.0747. The van der Waals surface area contributed by atoms with E-state index in [4.69, 9.17) is 0 Å². The first-order valence-corrected chi connectivity index (χ1v) is 13.1. The van der Waals surface area contributed by atoms with Crippen LogP contribution >= 0.6 is 0 Å². The Morgan fingerprint density at radius 3 is 2.35 bits per heavy atom. The van der Waals surface area contributed by atoms with Crippen LogP contribution < -0.4 is 10.6 Å². The van der Waals surface area contributed by atoms with Gasteiger partial charge in [-0.1, -0.05) is 26.2 Å². The number of hydrogen-bond acceptors (Lipinski definition) is 5. The van der Waals surface area contributed by atoms with Crippen LogP contribution in [-0.4, -0.2) is 38.1 Å². The van der Waals surface area contributed by atoms with Crippen LogP contribution in [0.4, 0.5) is 5.69 Å². The maximum atomic E-state index is 13.2. The lowest BCUT2D eigenvalue weighted by Crippen LogP contribution is -2.30. The van der Waals surface area contributed by atoms with Crippen LogP contribution in [-0.2, 0) is 7.05 Å². The highest BCUT2D eigenvalue weighted by Crippen LogP contribution is 2.24. The van der Waals surface area contributed by atoms with Gasteiger partial charge in [-0.05, 0) is 68.4 Å². The molecule has 3 aromatic rings. The monoisotopic (exact) mass is 500 g/mol. The number of aromatic nitrogens is 4. The molecule has 8 heteroatoms. The zero-order valence-corrected chi connectivity index (χ0v) is 22.2. The molecule has 1 aliphatic rings. The molecule has 0 radical (unpaired) electrons. The first-order chi connectivity index (χ1) is 17.8. The fraction of sp³-hybridized carbons (Fsp3) is 0.414. The number of allylic oxidation sites excluding steroid dienone is 1. The number of pyridine rings is 2. The van der Waals surface area contributed by atoms with Crippen molar-refractivity contribution in [1.82, 2.24) is 25.1 Å². The molecule has 3 aromatic heterocycles. The molecule has 2 N–H and O–H groups in total. The molecular weight excluding hydrogens is 464 g/mol. The predicted molar refractivity (Wildman–Crippen MR) is 146 cm³/mol. The van der Waals surface area contributed by atoms with E-state index in [9.17, 15) is 9.59 Å². The molecule has 8 nitrogen and oxygen atoms in total. The molecule has 37 heavy (non-hydrogen) atoms.